The molecule has 2 nitrogen and oxygen atoms in total. The van der Waals surface area contributed by atoms with Gasteiger partial charge in [-0.2, -0.15) is 0 Å². The van der Waals surface area contributed by atoms with Crippen molar-refractivity contribution in [1.82, 2.24) is 0 Å². The van der Waals surface area contributed by atoms with Gasteiger partial charge in [-0.3, -0.25) is 0 Å². The molecule has 1 aromatic carbocycles. The van der Waals surface area contributed by atoms with Crippen LogP contribution >= 0.6 is 31.9 Å². The molecule has 3 N–H and O–H groups in total. The molecule has 72 valence electrons. The number of nitrogens with two attached hydrogens (primary N) is 1. The molecule has 1 rings (SSSR count). The van der Waals surface area contributed by atoms with E-state index >= 15 is 0 Å². The maximum atomic E-state index is 9.30. The number of halogens is 2. The van der Waals surface area contributed by atoms with Gasteiger partial charge in [-0.15, -0.1) is 0 Å². The molecule has 0 amide bonds. The van der Waals surface area contributed by atoms with Crippen LogP contribution < -0.4 is 5.73 Å². The smallest absolute Gasteiger partial charge is 0.0704 e. The van der Waals surface area contributed by atoms with Crippen LogP contribution in [0.3, 0.4) is 0 Å². The first-order valence-electron chi connectivity index (χ1n) is 3.90. The number of hydrogen-bond donors (Lipinski definition) is 2. The molecular formula is C9H11Br2NO. The fraction of sp³-hybridized carbons (Fsp3) is 0.333. The number of benzene rings is 1. The zero-order chi connectivity index (χ0) is 10.0. The van der Waals surface area contributed by atoms with Crippen molar-refractivity contribution in [3.63, 3.8) is 0 Å². The lowest BCUT2D eigenvalue weighted by atomic mass is 10.0. The van der Waals surface area contributed by atoms with Crippen LogP contribution in [0.1, 0.15) is 18.5 Å². The predicted octanol–water partition coefficient (Wildman–Crippen LogP) is 2.59. The Morgan fingerprint density at radius 2 is 1.69 bits per heavy atom. The molecule has 0 aliphatic rings. The molecule has 0 spiro atoms. The van der Waals surface area contributed by atoms with Crippen LogP contribution in [0.15, 0.2) is 27.1 Å². The van der Waals surface area contributed by atoms with Gasteiger partial charge in [-0.25, -0.2) is 0 Å². The van der Waals surface area contributed by atoms with E-state index in [1.165, 1.54) is 0 Å². The van der Waals surface area contributed by atoms with Gasteiger partial charge in [0.1, 0.15) is 0 Å². The lowest BCUT2D eigenvalue weighted by Gasteiger charge is -2.15. The van der Waals surface area contributed by atoms with Crippen molar-refractivity contribution in [1.29, 1.82) is 0 Å². The van der Waals surface area contributed by atoms with Crippen molar-refractivity contribution in [3.8, 4) is 0 Å². The molecule has 13 heavy (non-hydrogen) atoms. The zero-order valence-electron chi connectivity index (χ0n) is 7.17. The quantitative estimate of drug-likeness (QED) is 0.882. The Hall–Kier alpha value is 0.1000. The molecule has 0 fully saturated rings. The maximum absolute atomic E-state index is 9.30. The van der Waals surface area contributed by atoms with E-state index in [2.05, 4.69) is 31.9 Å². The van der Waals surface area contributed by atoms with E-state index in [9.17, 15) is 5.11 Å². The summed E-state index contributed by atoms with van der Waals surface area (Å²) in [5, 5.41) is 9.30. The Morgan fingerprint density at radius 1 is 1.23 bits per heavy atom. The molecule has 0 bridgehead atoms. The maximum Gasteiger partial charge on any atom is 0.0704 e. The van der Waals surface area contributed by atoms with E-state index in [0.29, 0.717) is 0 Å². The fourth-order valence-corrected chi connectivity index (χ4v) is 2.38. The summed E-state index contributed by atoms with van der Waals surface area (Å²) in [6.07, 6.45) is -0.541. The van der Waals surface area contributed by atoms with Crippen LogP contribution in [0, 0.1) is 0 Å². The normalized spacial score (nSPS) is 15.5. The molecule has 0 aromatic heterocycles. The fourth-order valence-electron chi connectivity index (χ4n) is 1.05. The first-order valence-corrected chi connectivity index (χ1v) is 5.49. The first-order chi connectivity index (χ1) is 6.00. The predicted molar refractivity (Wildman–Crippen MR) is 60.5 cm³/mol. The molecule has 0 unspecified atom stereocenters. The van der Waals surface area contributed by atoms with Crippen molar-refractivity contribution < 1.29 is 5.11 Å². The highest BCUT2D eigenvalue weighted by Crippen LogP contribution is 2.24. The SMILES string of the molecule is C[C@H](O)[C@@H](N)c1cc(Br)cc(Br)c1. The highest BCUT2D eigenvalue weighted by atomic mass is 79.9. The van der Waals surface area contributed by atoms with E-state index < -0.39 is 6.10 Å². The Balaban J connectivity index is 3.01. The summed E-state index contributed by atoms with van der Waals surface area (Å²) in [6.45, 7) is 1.68. The minimum absolute atomic E-state index is 0.339. The van der Waals surface area contributed by atoms with Gasteiger partial charge in [0.05, 0.1) is 12.1 Å². The third-order valence-electron chi connectivity index (χ3n) is 1.79. The van der Waals surface area contributed by atoms with Gasteiger partial charge in [-0.1, -0.05) is 31.9 Å². The van der Waals surface area contributed by atoms with Gasteiger partial charge in [0.25, 0.3) is 0 Å². The van der Waals surface area contributed by atoms with E-state index in [-0.39, 0.29) is 6.04 Å². The Bertz CT molecular complexity index is 281. The molecule has 1 aromatic rings. The van der Waals surface area contributed by atoms with Crippen molar-refractivity contribution in [2.75, 3.05) is 0 Å². The molecule has 0 radical (unpaired) electrons. The molecule has 2 atom stereocenters. The summed E-state index contributed by atoms with van der Waals surface area (Å²) in [5.41, 5.74) is 6.70. The lowest BCUT2D eigenvalue weighted by Crippen LogP contribution is -2.23. The van der Waals surface area contributed by atoms with Gasteiger partial charge in [0, 0.05) is 8.95 Å². The molecule has 0 saturated carbocycles. The number of aliphatic hydroxyl groups is 1. The van der Waals surface area contributed by atoms with Gasteiger partial charge in [0.15, 0.2) is 0 Å². The van der Waals surface area contributed by atoms with Crippen molar-refractivity contribution >= 4 is 31.9 Å². The van der Waals surface area contributed by atoms with Gasteiger partial charge in [-0.05, 0) is 30.7 Å². The Kier molecular flexibility index (Phi) is 3.91. The van der Waals surface area contributed by atoms with Crippen LogP contribution in [0.4, 0.5) is 0 Å². The lowest BCUT2D eigenvalue weighted by molar-refractivity contribution is 0.164. The minimum atomic E-state index is -0.541. The minimum Gasteiger partial charge on any atom is -0.391 e. The zero-order valence-corrected chi connectivity index (χ0v) is 10.3. The van der Waals surface area contributed by atoms with Gasteiger partial charge >= 0.3 is 0 Å². The van der Waals surface area contributed by atoms with Crippen molar-refractivity contribution in [2.24, 2.45) is 5.73 Å². The average Bonchev–Trinajstić information content (AvgIpc) is 2.01. The van der Waals surface area contributed by atoms with E-state index in [1.54, 1.807) is 6.92 Å². The second-order valence-electron chi connectivity index (χ2n) is 2.97. The summed E-state index contributed by atoms with van der Waals surface area (Å²) in [7, 11) is 0. The summed E-state index contributed by atoms with van der Waals surface area (Å²) in [4.78, 5) is 0. The van der Waals surface area contributed by atoms with Gasteiger partial charge in [0.2, 0.25) is 0 Å². The third kappa shape index (κ3) is 3.06. The van der Waals surface area contributed by atoms with Crippen LogP contribution in [0.2, 0.25) is 0 Å². The van der Waals surface area contributed by atoms with Crippen LogP contribution in [0.25, 0.3) is 0 Å². The van der Waals surface area contributed by atoms with Crippen LogP contribution in [-0.2, 0) is 0 Å². The highest BCUT2D eigenvalue weighted by Gasteiger charge is 2.12. The summed E-state index contributed by atoms with van der Waals surface area (Å²) in [5.74, 6) is 0. The summed E-state index contributed by atoms with van der Waals surface area (Å²) in [6, 6.07) is 5.40. The van der Waals surface area contributed by atoms with E-state index in [0.717, 1.165) is 14.5 Å². The summed E-state index contributed by atoms with van der Waals surface area (Å²) < 4.78 is 1.90. The standard InChI is InChI=1S/C9H11Br2NO/c1-5(13)9(12)6-2-7(10)4-8(11)3-6/h2-5,9,13H,12H2,1H3/t5-,9+/m0/s1. The number of aliphatic hydroxyl groups excluding tert-OH is 1. The topological polar surface area (TPSA) is 46.2 Å². The van der Waals surface area contributed by atoms with Crippen LogP contribution in [0.5, 0.6) is 0 Å². The van der Waals surface area contributed by atoms with Crippen LogP contribution in [-0.4, -0.2) is 11.2 Å². The highest BCUT2D eigenvalue weighted by molar-refractivity contribution is 9.11. The Morgan fingerprint density at radius 3 is 2.08 bits per heavy atom. The Labute approximate surface area is 94.4 Å². The molecule has 0 aliphatic heterocycles. The van der Waals surface area contributed by atoms with E-state index in [4.69, 9.17) is 5.73 Å². The molecular weight excluding hydrogens is 298 g/mol. The second kappa shape index (κ2) is 4.55. The molecule has 0 aliphatic carbocycles. The van der Waals surface area contributed by atoms with Crippen molar-refractivity contribution in [3.05, 3.63) is 32.7 Å². The average molecular weight is 309 g/mol. The van der Waals surface area contributed by atoms with Gasteiger partial charge < -0.3 is 10.8 Å². The summed E-state index contributed by atoms with van der Waals surface area (Å²) >= 11 is 6.73. The first kappa shape index (κ1) is 11.2. The van der Waals surface area contributed by atoms with Crippen molar-refractivity contribution in [2.45, 2.75) is 19.1 Å². The largest absolute Gasteiger partial charge is 0.391 e. The number of rotatable bonds is 2. The third-order valence-corrected chi connectivity index (χ3v) is 2.71. The second-order valence-corrected chi connectivity index (χ2v) is 4.80. The van der Waals surface area contributed by atoms with E-state index in [1.807, 2.05) is 18.2 Å². The number of hydrogen-bond acceptors (Lipinski definition) is 2. The molecule has 0 heterocycles. The molecule has 4 heteroatoms. The molecule has 0 saturated heterocycles. The monoisotopic (exact) mass is 307 g/mol.